The molecule has 1 fully saturated rings. The minimum Gasteiger partial charge on any atom is -0.480 e. The highest BCUT2D eigenvalue weighted by molar-refractivity contribution is 7.09. The highest BCUT2D eigenvalue weighted by Crippen LogP contribution is 2.25. The molecule has 0 spiro atoms. The maximum Gasteiger partial charge on any atom is 0.320 e. The van der Waals surface area contributed by atoms with E-state index >= 15 is 0 Å². The van der Waals surface area contributed by atoms with Gasteiger partial charge in [0.15, 0.2) is 0 Å². The van der Waals surface area contributed by atoms with E-state index in [0.29, 0.717) is 0 Å². The van der Waals surface area contributed by atoms with Gasteiger partial charge in [0, 0.05) is 23.3 Å². The number of carboxylic acid groups (broad SMARTS) is 1. The molecule has 1 saturated heterocycles. The highest BCUT2D eigenvalue weighted by atomic mass is 32.1. The zero-order chi connectivity index (χ0) is 13.3. The summed E-state index contributed by atoms with van der Waals surface area (Å²) in [7, 11) is 0. The lowest BCUT2D eigenvalue weighted by atomic mass is 9.93. The first-order valence-corrected chi connectivity index (χ1v) is 7.18. The highest BCUT2D eigenvalue weighted by Gasteiger charge is 2.29. The maximum absolute atomic E-state index is 10.9. The van der Waals surface area contributed by atoms with E-state index in [0.717, 1.165) is 30.0 Å². The van der Waals surface area contributed by atoms with Crippen LogP contribution in [0.5, 0.6) is 0 Å². The molecule has 1 aliphatic heterocycles. The van der Waals surface area contributed by atoms with Crippen molar-refractivity contribution in [2.45, 2.75) is 57.5 Å². The number of nitrogens with zero attached hydrogens (tertiary/aromatic N) is 1. The Morgan fingerprint density at radius 1 is 1.56 bits per heavy atom. The molecule has 1 aromatic heterocycles. The topological polar surface area (TPSA) is 62.2 Å². The van der Waals surface area contributed by atoms with Crippen LogP contribution in [0.25, 0.3) is 0 Å². The fraction of sp³-hybridized carbons (Fsp3) is 0.692. The van der Waals surface area contributed by atoms with Crippen LogP contribution in [-0.4, -0.2) is 28.1 Å². The van der Waals surface area contributed by atoms with Gasteiger partial charge in [0.2, 0.25) is 0 Å². The summed E-state index contributed by atoms with van der Waals surface area (Å²) in [4.78, 5) is 15.5. The lowest BCUT2D eigenvalue weighted by Gasteiger charge is -2.14. The molecular formula is C13H20N2O2S. The Labute approximate surface area is 111 Å². The summed E-state index contributed by atoms with van der Waals surface area (Å²) in [6.07, 6.45) is 2.48. The number of aliphatic carboxylic acids is 1. The minimum absolute atomic E-state index is 0.0848. The lowest BCUT2D eigenvalue weighted by Crippen LogP contribution is -2.36. The monoisotopic (exact) mass is 268 g/mol. The quantitative estimate of drug-likeness (QED) is 0.882. The van der Waals surface area contributed by atoms with Crippen LogP contribution in [0.15, 0.2) is 5.38 Å². The molecule has 0 saturated carbocycles. The smallest absolute Gasteiger partial charge is 0.320 e. The second-order valence-corrected chi connectivity index (χ2v) is 6.86. The van der Waals surface area contributed by atoms with Gasteiger partial charge in [0.05, 0.1) is 10.7 Å². The summed E-state index contributed by atoms with van der Waals surface area (Å²) >= 11 is 1.67. The van der Waals surface area contributed by atoms with Crippen LogP contribution in [0.3, 0.4) is 0 Å². The van der Waals surface area contributed by atoms with Crippen molar-refractivity contribution < 1.29 is 9.90 Å². The number of aromatic nitrogens is 1. The molecule has 2 rings (SSSR count). The first-order valence-electron chi connectivity index (χ1n) is 6.30. The zero-order valence-electron chi connectivity index (χ0n) is 11.1. The van der Waals surface area contributed by atoms with Crippen LogP contribution in [0.1, 0.15) is 44.3 Å². The number of thiazole rings is 1. The third kappa shape index (κ3) is 3.09. The SMILES string of the molecule is CC(C)(C)c1csc(CC2CCC(C(=O)O)N2)n1. The average molecular weight is 268 g/mol. The Balaban J connectivity index is 1.95. The fourth-order valence-corrected chi connectivity index (χ4v) is 3.24. The molecule has 18 heavy (non-hydrogen) atoms. The first-order chi connectivity index (χ1) is 8.36. The van der Waals surface area contributed by atoms with Crippen LogP contribution in [0.4, 0.5) is 0 Å². The molecule has 2 atom stereocenters. The summed E-state index contributed by atoms with van der Waals surface area (Å²) in [6, 6.07) is -0.123. The second-order valence-electron chi connectivity index (χ2n) is 5.91. The third-order valence-electron chi connectivity index (χ3n) is 3.28. The molecule has 2 unspecified atom stereocenters. The van der Waals surface area contributed by atoms with Gasteiger partial charge in [-0.1, -0.05) is 20.8 Å². The van der Waals surface area contributed by atoms with Crippen molar-refractivity contribution in [2.75, 3.05) is 0 Å². The van der Waals surface area contributed by atoms with Crippen LogP contribution >= 0.6 is 11.3 Å². The fourth-order valence-electron chi connectivity index (χ4n) is 2.13. The van der Waals surface area contributed by atoms with Gasteiger partial charge in [0.1, 0.15) is 6.04 Å². The van der Waals surface area contributed by atoms with E-state index < -0.39 is 5.97 Å². The summed E-state index contributed by atoms with van der Waals surface area (Å²) < 4.78 is 0. The van der Waals surface area contributed by atoms with Crippen molar-refractivity contribution in [3.8, 4) is 0 Å². The van der Waals surface area contributed by atoms with E-state index in [1.165, 1.54) is 0 Å². The number of nitrogens with one attached hydrogen (secondary N) is 1. The summed E-state index contributed by atoms with van der Waals surface area (Å²) in [6.45, 7) is 6.46. The molecule has 5 heteroatoms. The van der Waals surface area contributed by atoms with Crippen molar-refractivity contribution in [1.29, 1.82) is 0 Å². The van der Waals surface area contributed by atoms with Crippen LogP contribution in [0.2, 0.25) is 0 Å². The number of carboxylic acids is 1. The number of hydrogen-bond donors (Lipinski definition) is 2. The summed E-state index contributed by atoms with van der Waals surface area (Å²) in [5, 5.41) is 15.3. The van der Waals surface area contributed by atoms with Crippen molar-refractivity contribution in [2.24, 2.45) is 0 Å². The summed E-state index contributed by atoms with van der Waals surface area (Å²) in [5.74, 6) is -0.744. The maximum atomic E-state index is 10.9. The van der Waals surface area contributed by atoms with Gasteiger partial charge in [-0.15, -0.1) is 11.3 Å². The number of carbonyl (C=O) groups is 1. The Morgan fingerprint density at radius 3 is 2.78 bits per heavy atom. The lowest BCUT2D eigenvalue weighted by molar-refractivity contribution is -0.139. The van der Waals surface area contributed by atoms with E-state index in [2.05, 4.69) is 36.5 Å². The average Bonchev–Trinajstić information content (AvgIpc) is 2.85. The van der Waals surface area contributed by atoms with Gasteiger partial charge in [-0.25, -0.2) is 4.98 Å². The normalized spacial score (nSPS) is 24.4. The van der Waals surface area contributed by atoms with Gasteiger partial charge in [-0.05, 0) is 12.8 Å². The van der Waals surface area contributed by atoms with E-state index in [-0.39, 0.29) is 17.5 Å². The molecule has 1 aliphatic rings. The van der Waals surface area contributed by atoms with Gasteiger partial charge in [-0.2, -0.15) is 0 Å². The van der Waals surface area contributed by atoms with E-state index in [1.807, 2.05) is 0 Å². The second kappa shape index (κ2) is 4.97. The zero-order valence-corrected chi connectivity index (χ0v) is 11.9. The van der Waals surface area contributed by atoms with Crippen molar-refractivity contribution in [1.82, 2.24) is 10.3 Å². The molecule has 2 heterocycles. The Morgan fingerprint density at radius 2 is 2.28 bits per heavy atom. The Bertz CT molecular complexity index is 436. The predicted molar refractivity (Wildman–Crippen MR) is 72.1 cm³/mol. The van der Waals surface area contributed by atoms with E-state index in [9.17, 15) is 4.79 Å². The molecule has 0 aliphatic carbocycles. The number of hydrogen-bond acceptors (Lipinski definition) is 4. The predicted octanol–water partition coefficient (Wildman–Crippen LogP) is 2.19. The van der Waals surface area contributed by atoms with Gasteiger partial charge in [0.25, 0.3) is 0 Å². The molecule has 100 valence electrons. The molecule has 4 nitrogen and oxygen atoms in total. The molecule has 0 bridgehead atoms. The summed E-state index contributed by atoms with van der Waals surface area (Å²) in [5.41, 5.74) is 1.21. The molecule has 2 N–H and O–H groups in total. The molecule has 0 aromatic carbocycles. The number of rotatable bonds is 3. The molecule has 0 radical (unpaired) electrons. The largest absolute Gasteiger partial charge is 0.480 e. The van der Waals surface area contributed by atoms with Crippen LogP contribution in [-0.2, 0) is 16.6 Å². The Kier molecular flexibility index (Phi) is 3.73. The molecule has 0 amide bonds. The van der Waals surface area contributed by atoms with Gasteiger partial charge in [-0.3, -0.25) is 4.79 Å². The minimum atomic E-state index is -0.744. The standard InChI is InChI=1S/C13H20N2O2S/c1-13(2,3)10-7-18-11(15-10)6-8-4-5-9(14-8)12(16)17/h7-9,14H,4-6H2,1-3H3,(H,16,17). The van der Waals surface area contributed by atoms with Crippen molar-refractivity contribution in [3.63, 3.8) is 0 Å². The Hall–Kier alpha value is -0.940. The van der Waals surface area contributed by atoms with Crippen LogP contribution < -0.4 is 5.32 Å². The van der Waals surface area contributed by atoms with E-state index in [4.69, 9.17) is 5.11 Å². The van der Waals surface area contributed by atoms with Crippen molar-refractivity contribution in [3.05, 3.63) is 16.1 Å². The molecule has 1 aromatic rings. The van der Waals surface area contributed by atoms with Gasteiger partial charge >= 0.3 is 5.97 Å². The first kappa shape index (κ1) is 13.5. The van der Waals surface area contributed by atoms with Gasteiger partial charge < -0.3 is 10.4 Å². The van der Waals surface area contributed by atoms with E-state index in [1.54, 1.807) is 11.3 Å². The third-order valence-corrected chi connectivity index (χ3v) is 4.15. The van der Waals surface area contributed by atoms with Crippen molar-refractivity contribution >= 4 is 17.3 Å². The van der Waals surface area contributed by atoms with Crippen LogP contribution in [0, 0.1) is 0 Å². The molecular weight excluding hydrogens is 248 g/mol.